The molecule has 0 saturated heterocycles. The molecule has 3 aromatic carbocycles. The lowest BCUT2D eigenvalue weighted by molar-refractivity contribution is 0.0686. The van der Waals surface area contributed by atoms with E-state index < -0.39 is 11.9 Å². The molecule has 5 rings (SSSR count). The van der Waals surface area contributed by atoms with Crippen molar-refractivity contribution in [2.75, 3.05) is 10.6 Å². The fraction of sp³-hybridized carbons (Fsp3) is 0. The Morgan fingerprint density at radius 3 is 1.46 bits per heavy atom. The summed E-state index contributed by atoms with van der Waals surface area (Å²) in [6.07, 6.45) is 0. The summed E-state index contributed by atoms with van der Waals surface area (Å²) in [7, 11) is 0. The summed E-state index contributed by atoms with van der Waals surface area (Å²) in [5.74, 6) is -2.00. The minimum absolute atomic E-state index is 0.178. The predicted octanol–water partition coefficient (Wildman–Crippen LogP) is 3.10. The fourth-order valence-corrected chi connectivity index (χ4v) is 3.25. The lowest BCUT2D eigenvalue weighted by Gasteiger charge is -2.19. The Bertz CT molecular complexity index is 1230. The maximum atomic E-state index is 11.2. The van der Waals surface area contributed by atoms with Crippen LogP contribution in [-0.4, -0.2) is 22.2 Å². The van der Waals surface area contributed by atoms with E-state index in [1.807, 2.05) is 12.1 Å². The smallest absolute Gasteiger partial charge is 0.335 e. The number of nitrogens with one attached hydrogen (secondary N) is 2. The highest BCUT2D eigenvalue weighted by Gasteiger charge is 2.17. The topological polar surface area (TPSA) is 123 Å². The van der Waals surface area contributed by atoms with Crippen LogP contribution in [0.3, 0.4) is 0 Å². The summed E-state index contributed by atoms with van der Waals surface area (Å²) in [6.45, 7) is 0. The van der Waals surface area contributed by atoms with Crippen molar-refractivity contribution < 1.29 is 19.8 Å². The van der Waals surface area contributed by atoms with Gasteiger partial charge in [0.15, 0.2) is 0 Å². The number of aromatic carboxylic acids is 2. The third-order valence-electron chi connectivity index (χ3n) is 4.62. The molecule has 28 heavy (non-hydrogen) atoms. The van der Waals surface area contributed by atoms with E-state index in [4.69, 9.17) is 10.2 Å². The minimum Gasteiger partial charge on any atom is -0.478 e. The van der Waals surface area contributed by atoms with Gasteiger partial charge < -0.3 is 20.8 Å². The van der Waals surface area contributed by atoms with E-state index in [-0.39, 0.29) is 11.1 Å². The Hall–Kier alpha value is -4.20. The van der Waals surface area contributed by atoms with Gasteiger partial charge in [-0.05, 0) is 48.5 Å². The second-order valence-corrected chi connectivity index (χ2v) is 6.43. The van der Waals surface area contributed by atoms with E-state index >= 15 is 0 Å². The van der Waals surface area contributed by atoms with Crippen molar-refractivity contribution in [3.05, 3.63) is 70.4 Å². The molecule has 3 aromatic rings. The third kappa shape index (κ3) is 2.47. The Morgan fingerprint density at radius 2 is 1.07 bits per heavy atom. The summed E-state index contributed by atoms with van der Waals surface area (Å²) in [6, 6.07) is 13.1. The van der Waals surface area contributed by atoms with E-state index in [9.17, 15) is 9.59 Å². The van der Waals surface area contributed by atoms with Gasteiger partial charge in [-0.15, -0.1) is 0 Å². The van der Waals surface area contributed by atoms with Crippen molar-refractivity contribution >= 4 is 46.1 Å². The van der Waals surface area contributed by atoms with Gasteiger partial charge in [0.05, 0.1) is 56.0 Å². The third-order valence-corrected chi connectivity index (χ3v) is 4.62. The van der Waals surface area contributed by atoms with Crippen LogP contribution in [0.25, 0.3) is 0 Å². The second-order valence-electron chi connectivity index (χ2n) is 6.43. The Balaban J connectivity index is 1.63. The van der Waals surface area contributed by atoms with Crippen LogP contribution in [0.15, 0.2) is 58.5 Å². The van der Waals surface area contributed by atoms with Crippen molar-refractivity contribution in [2.24, 2.45) is 9.98 Å². The summed E-state index contributed by atoms with van der Waals surface area (Å²) >= 11 is 0. The highest BCUT2D eigenvalue weighted by molar-refractivity contribution is 5.92. The minimum atomic E-state index is -1.00. The monoisotopic (exact) mass is 372 g/mol. The molecule has 0 unspecified atom stereocenters. The number of rotatable bonds is 2. The number of hydrogen-bond acceptors (Lipinski definition) is 6. The Morgan fingerprint density at radius 1 is 0.643 bits per heavy atom. The molecular formula is C20H12N4O4. The number of fused-ring (bicyclic) bond motifs is 4. The van der Waals surface area contributed by atoms with Crippen molar-refractivity contribution in [2.45, 2.75) is 0 Å². The lowest BCUT2D eigenvalue weighted by atomic mass is 10.1. The Kier molecular flexibility index (Phi) is 3.23. The van der Waals surface area contributed by atoms with Crippen LogP contribution in [0.4, 0.5) is 34.1 Å². The van der Waals surface area contributed by atoms with Crippen LogP contribution in [0.2, 0.25) is 0 Å². The van der Waals surface area contributed by atoms with Crippen molar-refractivity contribution in [3.8, 4) is 0 Å². The molecule has 2 aliphatic rings. The van der Waals surface area contributed by atoms with Gasteiger partial charge in [0, 0.05) is 0 Å². The maximum absolute atomic E-state index is 11.2. The molecule has 0 atom stereocenters. The molecule has 8 heteroatoms. The van der Waals surface area contributed by atoms with Gasteiger partial charge >= 0.3 is 11.9 Å². The van der Waals surface area contributed by atoms with Crippen molar-refractivity contribution in [1.29, 1.82) is 0 Å². The Labute approximate surface area is 157 Å². The zero-order valence-electron chi connectivity index (χ0n) is 14.2. The first kappa shape index (κ1) is 16.0. The molecule has 8 nitrogen and oxygen atoms in total. The van der Waals surface area contributed by atoms with Crippen LogP contribution >= 0.6 is 0 Å². The van der Waals surface area contributed by atoms with Gasteiger partial charge in [-0.1, -0.05) is 0 Å². The molecule has 2 heterocycles. The van der Waals surface area contributed by atoms with Crippen molar-refractivity contribution in [1.82, 2.24) is 0 Å². The molecule has 136 valence electrons. The zero-order chi connectivity index (χ0) is 19.4. The van der Waals surface area contributed by atoms with Gasteiger partial charge in [-0.2, -0.15) is 0 Å². The molecular weight excluding hydrogens is 360 g/mol. The number of benzene rings is 3. The molecule has 0 fully saturated rings. The summed E-state index contributed by atoms with van der Waals surface area (Å²) < 4.78 is 0. The van der Waals surface area contributed by atoms with E-state index in [0.29, 0.717) is 44.8 Å². The normalized spacial score (nSPS) is 12.6. The van der Waals surface area contributed by atoms with Crippen LogP contribution in [-0.2, 0) is 0 Å². The quantitative estimate of drug-likeness (QED) is 0.378. The van der Waals surface area contributed by atoms with Crippen LogP contribution in [0, 0.1) is 0 Å². The summed E-state index contributed by atoms with van der Waals surface area (Å²) in [4.78, 5) is 31.6. The fourth-order valence-electron chi connectivity index (χ4n) is 3.25. The first-order chi connectivity index (χ1) is 13.5. The number of anilines is 4. The van der Waals surface area contributed by atoms with E-state index in [0.717, 1.165) is 0 Å². The molecule has 0 aliphatic carbocycles. The number of carbonyl (C=O) groups is 2. The number of carboxylic acids is 2. The maximum Gasteiger partial charge on any atom is 0.335 e. The molecule has 0 amide bonds. The van der Waals surface area contributed by atoms with E-state index in [1.54, 1.807) is 24.3 Å². The van der Waals surface area contributed by atoms with Gasteiger partial charge in [0.1, 0.15) is 0 Å². The number of hydrogen-bond donors (Lipinski definition) is 4. The largest absolute Gasteiger partial charge is 0.478 e. The summed E-state index contributed by atoms with van der Waals surface area (Å²) in [5, 5.41) is 26.1. The average Bonchev–Trinajstić information content (AvgIpc) is 2.68. The van der Waals surface area contributed by atoms with Crippen LogP contribution in [0.1, 0.15) is 20.7 Å². The molecule has 0 bridgehead atoms. The molecule has 2 aliphatic heterocycles. The predicted molar refractivity (Wildman–Crippen MR) is 101 cm³/mol. The van der Waals surface area contributed by atoms with E-state index in [1.165, 1.54) is 12.1 Å². The van der Waals surface area contributed by atoms with Gasteiger partial charge in [0.2, 0.25) is 0 Å². The van der Waals surface area contributed by atoms with E-state index in [2.05, 4.69) is 20.6 Å². The average molecular weight is 372 g/mol. The zero-order valence-corrected chi connectivity index (χ0v) is 14.2. The number of carboxylic acid groups (broad SMARTS) is 2. The highest BCUT2D eigenvalue weighted by atomic mass is 16.4. The van der Waals surface area contributed by atoms with Gasteiger partial charge in [-0.25, -0.2) is 19.6 Å². The molecule has 0 aromatic heterocycles. The molecule has 4 N–H and O–H groups in total. The SMILES string of the molecule is O=C(O)c1ccc2c(c1)Nc1cc3c(cc1=N2)Nc1cc(C(=O)O)ccc1N=3. The summed E-state index contributed by atoms with van der Waals surface area (Å²) in [5.41, 5.74) is 4.28. The van der Waals surface area contributed by atoms with Crippen LogP contribution < -0.4 is 21.3 Å². The highest BCUT2D eigenvalue weighted by Crippen LogP contribution is 2.34. The van der Waals surface area contributed by atoms with Crippen LogP contribution in [0.5, 0.6) is 0 Å². The first-order valence-corrected chi connectivity index (χ1v) is 8.38. The number of nitrogens with zero attached hydrogens (tertiary/aromatic N) is 2. The van der Waals surface area contributed by atoms with Gasteiger partial charge in [-0.3, -0.25) is 0 Å². The van der Waals surface area contributed by atoms with Crippen molar-refractivity contribution in [3.63, 3.8) is 0 Å². The van der Waals surface area contributed by atoms with Gasteiger partial charge in [0.25, 0.3) is 0 Å². The second kappa shape index (κ2) is 5.65. The standard InChI is InChI=1S/C20H12N4O4/c25-19(26)9-1-3-11-13(5-9)23-17-8-16-18(7-15(17)21-11)24-14-6-10(20(27)28)2-4-12(14)22-16/h1-8,23-24H,(H,25,26)(H,27,28). The first-order valence-electron chi connectivity index (χ1n) is 8.38. The molecule has 0 saturated carbocycles. The molecule has 0 spiro atoms. The lowest BCUT2D eigenvalue weighted by Crippen LogP contribution is -2.22. The molecule has 0 radical (unpaired) electrons.